The molecule has 0 bridgehead atoms. The first kappa shape index (κ1) is 20.6. The molecule has 28 heavy (non-hydrogen) atoms. The lowest BCUT2D eigenvalue weighted by Gasteiger charge is -2.31. The summed E-state index contributed by atoms with van der Waals surface area (Å²) in [4.78, 5) is 39.8. The molecule has 0 aromatic carbocycles. The Morgan fingerprint density at radius 1 is 1.39 bits per heavy atom. The molecule has 1 N–H and O–H groups in total. The number of esters is 2. The van der Waals surface area contributed by atoms with Crippen LogP contribution in [0.4, 0.5) is 0 Å². The van der Waals surface area contributed by atoms with Crippen LogP contribution in [-0.2, 0) is 23.9 Å². The van der Waals surface area contributed by atoms with Crippen LogP contribution in [0.3, 0.4) is 0 Å². The Bertz CT molecular complexity index is 661. The average Bonchev–Trinajstić information content (AvgIpc) is 3.37. The third-order valence-corrected chi connectivity index (χ3v) is 6.47. The molecular formula is C21H29NO6. The second kappa shape index (κ2) is 8.47. The Balaban J connectivity index is 1.91. The highest BCUT2D eigenvalue weighted by atomic mass is 16.6. The summed E-state index contributed by atoms with van der Waals surface area (Å²) in [5.41, 5.74) is 0. The summed E-state index contributed by atoms with van der Waals surface area (Å²) in [5.74, 6) is -2.90. The largest absolute Gasteiger partial charge is 0.467 e. The Kier molecular flexibility index (Phi) is 6.23. The van der Waals surface area contributed by atoms with Crippen molar-refractivity contribution in [1.29, 1.82) is 0 Å². The summed E-state index contributed by atoms with van der Waals surface area (Å²) in [5, 5.41) is 10.7. The number of hydrogen-bond acceptors (Lipinski definition) is 6. The van der Waals surface area contributed by atoms with Gasteiger partial charge in [-0.2, -0.15) is 0 Å². The van der Waals surface area contributed by atoms with Crippen LogP contribution >= 0.6 is 0 Å². The number of methoxy groups -OCH3 is 1. The van der Waals surface area contributed by atoms with Crippen molar-refractivity contribution in [3.63, 3.8) is 0 Å². The highest BCUT2D eigenvalue weighted by molar-refractivity contribution is 5.91. The topological polar surface area (TPSA) is 93.1 Å². The normalized spacial score (nSPS) is 35.2. The molecule has 0 aromatic rings. The third kappa shape index (κ3) is 3.48. The third-order valence-electron chi connectivity index (χ3n) is 6.47. The van der Waals surface area contributed by atoms with Crippen molar-refractivity contribution < 1.29 is 29.0 Å². The summed E-state index contributed by atoms with van der Waals surface area (Å²) < 4.78 is 10.4. The van der Waals surface area contributed by atoms with Gasteiger partial charge >= 0.3 is 11.9 Å². The summed E-state index contributed by atoms with van der Waals surface area (Å²) in [6, 6.07) is -0.629. The molecule has 0 spiro atoms. The fraction of sp³-hybridized carbons (Fsp3) is 0.667. The number of rotatable bonds is 7. The highest BCUT2D eigenvalue weighted by Crippen LogP contribution is 2.52. The van der Waals surface area contributed by atoms with Gasteiger partial charge < -0.3 is 19.5 Å². The maximum absolute atomic E-state index is 13.5. The lowest BCUT2D eigenvalue weighted by atomic mass is 9.82. The van der Waals surface area contributed by atoms with Crippen LogP contribution in [0.2, 0.25) is 0 Å². The minimum atomic E-state index is -0.770. The first-order valence-electron chi connectivity index (χ1n) is 9.93. The van der Waals surface area contributed by atoms with Crippen molar-refractivity contribution in [3.05, 3.63) is 25.3 Å². The number of fused-ring (bicyclic) bond motifs is 1. The Morgan fingerprint density at radius 2 is 2.14 bits per heavy atom. The predicted molar refractivity (Wildman–Crippen MR) is 101 cm³/mol. The van der Waals surface area contributed by atoms with Gasteiger partial charge in [-0.3, -0.25) is 9.59 Å². The molecule has 3 fully saturated rings. The van der Waals surface area contributed by atoms with E-state index in [2.05, 4.69) is 13.2 Å². The van der Waals surface area contributed by atoms with E-state index in [1.54, 1.807) is 12.2 Å². The minimum Gasteiger partial charge on any atom is -0.467 e. The van der Waals surface area contributed by atoms with Gasteiger partial charge in [-0.1, -0.05) is 12.2 Å². The smallest absolute Gasteiger partial charge is 0.328 e. The first-order valence-corrected chi connectivity index (χ1v) is 9.93. The quantitative estimate of drug-likeness (QED) is 0.522. The molecule has 1 aliphatic carbocycles. The Hall–Kier alpha value is -2.15. The molecule has 0 aromatic heterocycles. The number of aliphatic hydroxyl groups excluding tert-OH is 1. The number of hydrogen-bond donors (Lipinski definition) is 1. The molecular weight excluding hydrogens is 362 g/mol. The van der Waals surface area contributed by atoms with Crippen molar-refractivity contribution in [2.45, 2.75) is 50.4 Å². The van der Waals surface area contributed by atoms with E-state index in [0.717, 1.165) is 0 Å². The van der Waals surface area contributed by atoms with Crippen LogP contribution in [0.15, 0.2) is 25.3 Å². The van der Waals surface area contributed by atoms with Crippen LogP contribution in [-0.4, -0.2) is 59.8 Å². The van der Waals surface area contributed by atoms with E-state index in [9.17, 15) is 19.5 Å². The number of likely N-dealkylation sites (tertiary alicyclic amines) is 1. The van der Waals surface area contributed by atoms with E-state index in [-0.39, 0.29) is 23.8 Å². The number of nitrogens with zero attached hydrogens (tertiary/aromatic N) is 1. The highest BCUT2D eigenvalue weighted by Gasteiger charge is 2.60. The fourth-order valence-electron chi connectivity index (χ4n) is 5.23. The van der Waals surface area contributed by atoms with Gasteiger partial charge in [0.05, 0.1) is 25.0 Å². The molecule has 0 unspecified atom stereocenters. The molecule has 154 valence electrons. The zero-order chi connectivity index (χ0) is 20.4. The van der Waals surface area contributed by atoms with Crippen molar-refractivity contribution >= 4 is 17.8 Å². The van der Waals surface area contributed by atoms with E-state index in [1.807, 2.05) is 0 Å². The minimum absolute atomic E-state index is 0.136. The molecule has 2 heterocycles. The van der Waals surface area contributed by atoms with Crippen molar-refractivity contribution in [3.8, 4) is 0 Å². The number of carbonyl (C=O) groups is 3. The fourth-order valence-corrected chi connectivity index (χ4v) is 5.23. The van der Waals surface area contributed by atoms with Crippen LogP contribution in [0.5, 0.6) is 0 Å². The van der Waals surface area contributed by atoms with E-state index in [4.69, 9.17) is 9.47 Å². The monoisotopic (exact) mass is 391 g/mol. The zero-order valence-electron chi connectivity index (χ0n) is 16.3. The lowest BCUT2D eigenvalue weighted by molar-refractivity contribution is -0.157. The summed E-state index contributed by atoms with van der Waals surface area (Å²) in [6.07, 6.45) is 4.87. The summed E-state index contributed by atoms with van der Waals surface area (Å²) >= 11 is 0. The molecule has 2 saturated heterocycles. The van der Waals surface area contributed by atoms with Crippen LogP contribution in [0.1, 0.15) is 32.1 Å². The lowest BCUT2D eigenvalue weighted by Crippen LogP contribution is -2.48. The van der Waals surface area contributed by atoms with Crippen LogP contribution in [0, 0.1) is 23.7 Å². The average molecular weight is 391 g/mol. The second-order valence-electron chi connectivity index (χ2n) is 7.92. The van der Waals surface area contributed by atoms with Gasteiger partial charge in [0.15, 0.2) is 0 Å². The van der Waals surface area contributed by atoms with Crippen molar-refractivity contribution in [2.24, 2.45) is 23.7 Å². The van der Waals surface area contributed by atoms with Gasteiger partial charge in [0.1, 0.15) is 12.1 Å². The number of amides is 1. The van der Waals surface area contributed by atoms with Crippen molar-refractivity contribution in [2.75, 3.05) is 13.7 Å². The van der Waals surface area contributed by atoms with E-state index in [1.165, 1.54) is 12.0 Å². The number of cyclic esters (lactones) is 1. The molecule has 2 aliphatic heterocycles. The van der Waals surface area contributed by atoms with E-state index in [0.29, 0.717) is 38.6 Å². The van der Waals surface area contributed by atoms with Crippen molar-refractivity contribution in [1.82, 2.24) is 4.90 Å². The van der Waals surface area contributed by atoms with Gasteiger partial charge in [0, 0.05) is 18.9 Å². The SMILES string of the molecule is C=CC[C@@H]1OC(=O)[C@H]2[C@@H]1C[C@@H]([C@@H](O)CC=C)[C@H]2C(=O)N1CCC[C@H]1C(=O)OC. The van der Waals surface area contributed by atoms with Gasteiger partial charge in [0.2, 0.25) is 5.91 Å². The van der Waals surface area contributed by atoms with Crippen LogP contribution in [0.25, 0.3) is 0 Å². The molecule has 7 atom stereocenters. The molecule has 1 saturated carbocycles. The maximum atomic E-state index is 13.5. The maximum Gasteiger partial charge on any atom is 0.328 e. The number of ether oxygens (including phenoxy) is 2. The molecule has 7 heteroatoms. The molecule has 0 radical (unpaired) electrons. The predicted octanol–water partition coefficient (Wildman–Crippen LogP) is 1.46. The van der Waals surface area contributed by atoms with E-state index >= 15 is 0 Å². The Labute approximate surface area is 165 Å². The molecule has 3 rings (SSSR count). The van der Waals surface area contributed by atoms with Gasteiger partial charge in [0.25, 0.3) is 0 Å². The molecule has 1 amide bonds. The van der Waals surface area contributed by atoms with Crippen LogP contribution < -0.4 is 0 Å². The molecule has 3 aliphatic rings. The second-order valence-corrected chi connectivity index (χ2v) is 7.92. The Morgan fingerprint density at radius 3 is 2.79 bits per heavy atom. The number of carbonyl (C=O) groups excluding carboxylic acids is 3. The first-order chi connectivity index (χ1) is 13.4. The van der Waals surface area contributed by atoms with Gasteiger partial charge in [-0.15, -0.1) is 13.2 Å². The van der Waals surface area contributed by atoms with Gasteiger partial charge in [-0.25, -0.2) is 4.79 Å². The standard InChI is InChI=1S/C21H29NO6/c1-4-7-15(23)12-11-13-16(8-5-2)28-21(26)18(13)17(12)19(24)22-10-6-9-14(22)20(25)27-3/h4-5,12-18,23H,1-2,6-11H2,3H3/t12-,13+,14-,15-,16-,17+,18-/m0/s1. The number of aliphatic hydroxyl groups is 1. The molecule has 7 nitrogen and oxygen atoms in total. The van der Waals surface area contributed by atoms with Gasteiger partial charge in [-0.05, 0) is 31.6 Å². The summed E-state index contributed by atoms with van der Waals surface area (Å²) in [6.45, 7) is 7.84. The summed E-state index contributed by atoms with van der Waals surface area (Å²) in [7, 11) is 1.31. The zero-order valence-corrected chi connectivity index (χ0v) is 16.3. The van der Waals surface area contributed by atoms with E-state index < -0.39 is 35.9 Å².